The van der Waals surface area contributed by atoms with Gasteiger partial charge in [0, 0.05) is 6.61 Å². The summed E-state index contributed by atoms with van der Waals surface area (Å²) in [6, 6.07) is 0. The van der Waals surface area contributed by atoms with Crippen molar-refractivity contribution >= 4 is 8.56 Å². The molecule has 2 nitrogen and oxygen atoms in total. The molecule has 0 N–H and O–H groups in total. The number of hydrogen-bond acceptors (Lipinski definition) is 2. The van der Waals surface area contributed by atoms with Crippen molar-refractivity contribution in [2.45, 2.75) is 99.8 Å². The van der Waals surface area contributed by atoms with Crippen molar-refractivity contribution in [1.29, 1.82) is 0 Å². The Hall–Kier alpha value is 0.137. The Morgan fingerprint density at radius 3 is 1.22 bits per heavy atom. The summed E-state index contributed by atoms with van der Waals surface area (Å²) in [4.78, 5) is 0. The van der Waals surface area contributed by atoms with Crippen LogP contribution in [0.25, 0.3) is 0 Å². The quantitative estimate of drug-likeness (QED) is 0.413. The van der Waals surface area contributed by atoms with E-state index in [0.717, 1.165) is 6.61 Å². The maximum absolute atomic E-state index is 7.20. The van der Waals surface area contributed by atoms with Crippen LogP contribution in [0, 0.1) is 23.7 Å². The molecular formula is C20H44O2Si. The molecule has 0 aromatic carbocycles. The first-order valence-corrected chi connectivity index (χ1v) is 11.7. The smallest absolute Gasteiger partial charge is 0.343 e. The van der Waals surface area contributed by atoms with Gasteiger partial charge in [-0.25, -0.2) is 0 Å². The molecule has 0 bridgehead atoms. The first-order chi connectivity index (χ1) is 10.3. The molecule has 0 aromatic rings. The predicted molar refractivity (Wildman–Crippen MR) is 105 cm³/mol. The summed E-state index contributed by atoms with van der Waals surface area (Å²) in [7, 11) is -2.34. The van der Waals surface area contributed by atoms with E-state index in [0.29, 0.717) is 34.8 Å². The van der Waals surface area contributed by atoms with Gasteiger partial charge < -0.3 is 8.85 Å². The lowest BCUT2D eigenvalue weighted by Crippen LogP contribution is -2.60. The molecule has 0 aliphatic carbocycles. The van der Waals surface area contributed by atoms with Gasteiger partial charge in [-0.3, -0.25) is 0 Å². The van der Waals surface area contributed by atoms with Crippen LogP contribution in [-0.2, 0) is 8.85 Å². The summed E-state index contributed by atoms with van der Waals surface area (Å²) in [6.07, 6.45) is 0. The molecule has 23 heavy (non-hydrogen) atoms. The molecule has 0 saturated carbocycles. The number of rotatable bonds is 10. The predicted octanol–water partition coefficient (Wildman–Crippen LogP) is 6.64. The lowest BCUT2D eigenvalue weighted by atomic mass is 9.73. The molecule has 0 saturated heterocycles. The summed E-state index contributed by atoms with van der Waals surface area (Å²) < 4.78 is 13.8. The molecule has 0 aliphatic heterocycles. The van der Waals surface area contributed by atoms with E-state index in [1.54, 1.807) is 0 Å². The van der Waals surface area contributed by atoms with Crippen LogP contribution >= 0.6 is 0 Å². The van der Waals surface area contributed by atoms with Gasteiger partial charge in [0.1, 0.15) is 0 Å². The molecular weight excluding hydrogens is 300 g/mol. The van der Waals surface area contributed by atoms with E-state index in [2.05, 4.69) is 83.1 Å². The molecule has 0 radical (unpaired) electrons. The Morgan fingerprint density at radius 2 is 1.00 bits per heavy atom. The summed E-state index contributed by atoms with van der Waals surface area (Å²) in [6.45, 7) is 28.3. The first kappa shape index (κ1) is 23.1. The molecule has 0 aromatic heterocycles. The van der Waals surface area contributed by atoms with Crippen molar-refractivity contribution in [3.63, 3.8) is 0 Å². The minimum absolute atomic E-state index is 0.127. The van der Waals surface area contributed by atoms with Crippen molar-refractivity contribution in [3.8, 4) is 0 Å². The zero-order valence-corrected chi connectivity index (χ0v) is 19.0. The van der Waals surface area contributed by atoms with Crippen molar-refractivity contribution in [3.05, 3.63) is 0 Å². The van der Waals surface area contributed by atoms with Crippen LogP contribution in [0.2, 0.25) is 11.1 Å². The molecule has 0 atom stereocenters. The molecule has 3 heteroatoms. The number of hydrogen-bond donors (Lipinski definition) is 0. The van der Waals surface area contributed by atoms with Gasteiger partial charge >= 0.3 is 8.56 Å². The van der Waals surface area contributed by atoms with Crippen molar-refractivity contribution < 1.29 is 8.85 Å². The van der Waals surface area contributed by atoms with Crippen LogP contribution in [0.15, 0.2) is 0 Å². The van der Waals surface area contributed by atoms with Gasteiger partial charge in [0.2, 0.25) is 0 Å². The zero-order valence-electron chi connectivity index (χ0n) is 18.0. The average molecular weight is 345 g/mol. The van der Waals surface area contributed by atoms with Gasteiger partial charge in [-0.05, 0) is 34.8 Å². The van der Waals surface area contributed by atoms with Gasteiger partial charge in [0.25, 0.3) is 0 Å². The van der Waals surface area contributed by atoms with Gasteiger partial charge in [0.05, 0.1) is 5.60 Å². The monoisotopic (exact) mass is 344 g/mol. The fraction of sp³-hybridized carbons (Fsp3) is 1.00. The first-order valence-electron chi connectivity index (χ1n) is 9.68. The topological polar surface area (TPSA) is 18.5 Å². The van der Waals surface area contributed by atoms with E-state index in [1.165, 1.54) is 0 Å². The largest absolute Gasteiger partial charge is 0.394 e. The minimum Gasteiger partial charge on any atom is -0.394 e. The summed E-state index contributed by atoms with van der Waals surface area (Å²) in [5.74, 6) is 1.94. The molecule has 0 aliphatic rings. The van der Waals surface area contributed by atoms with E-state index in [1.807, 2.05) is 0 Å². The Labute approximate surface area is 148 Å². The normalized spacial score (nSPS) is 14.3. The summed E-state index contributed by atoms with van der Waals surface area (Å²) >= 11 is 0. The van der Waals surface area contributed by atoms with Crippen LogP contribution in [0.1, 0.15) is 83.1 Å². The Balaban J connectivity index is 5.96. The third-order valence-corrected chi connectivity index (χ3v) is 9.80. The van der Waals surface area contributed by atoms with Crippen LogP contribution in [0.5, 0.6) is 0 Å². The van der Waals surface area contributed by atoms with E-state index < -0.39 is 8.56 Å². The van der Waals surface area contributed by atoms with Crippen LogP contribution in [-0.4, -0.2) is 20.8 Å². The Bertz CT molecular complexity index is 303. The second-order valence-electron chi connectivity index (χ2n) is 9.16. The highest BCUT2D eigenvalue weighted by Gasteiger charge is 2.54. The molecule has 0 fully saturated rings. The Morgan fingerprint density at radius 1 is 0.652 bits per heavy atom. The van der Waals surface area contributed by atoms with Crippen molar-refractivity contribution in [1.82, 2.24) is 0 Å². The van der Waals surface area contributed by atoms with Crippen LogP contribution < -0.4 is 0 Å². The SMILES string of the molecule is CC(C)CO[Si](OC(C(C)C)(C(C)C)C(C)C)(C(C)C)C(C)C. The lowest BCUT2D eigenvalue weighted by molar-refractivity contribution is -0.0931. The van der Waals surface area contributed by atoms with Crippen LogP contribution in [0.3, 0.4) is 0 Å². The zero-order chi connectivity index (χ0) is 18.6. The Kier molecular flexibility index (Phi) is 9.06. The van der Waals surface area contributed by atoms with Crippen molar-refractivity contribution in [2.75, 3.05) is 6.61 Å². The minimum atomic E-state index is -2.34. The van der Waals surface area contributed by atoms with E-state index >= 15 is 0 Å². The fourth-order valence-corrected chi connectivity index (χ4v) is 8.58. The van der Waals surface area contributed by atoms with Gasteiger partial charge in [-0.2, -0.15) is 0 Å². The highest BCUT2D eigenvalue weighted by molar-refractivity contribution is 6.70. The molecule has 140 valence electrons. The maximum Gasteiger partial charge on any atom is 0.343 e. The third kappa shape index (κ3) is 5.06. The van der Waals surface area contributed by atoms with Gasteiger partial charge in [-0.1, -0.05) is 83.1 Å². The van der Waals surface area contributed by atoms with Crippen LogP contribution in [0.4, 0.5) is 0 Å². The van der Waals surface area contributed by atoms with E-state index in [-0.39, 0.29) is 5.60 Å². The maximum atomic E-state index is 7.20. The highest BCUT2D eigenvalue weighted by atomic mass is 28.4. The highest BCUT2D eigenvalue weighted by Crippen LogP contribution is 2.46. The molecule has 0 heterocycles. The van der Waals surface area contributed by atoms with Gasteiger partial charge in [-0.15, -0.1) is 0 Å². The second-order valence-corrected chi connectivity index (χ2v) is 13.4. The fourth-order valence-electron chi connectivity index (χ4n) is 4.19. The second kappa shape index (κ2) is 9.01. The lowest BCUT2D eigenvalue weighted by Gasteiger charge is -2.52. The van der Waals surface area contributed by atoms with Gasteiger partial charge in [0.15, 0.2) is 0 Å². The third-order valence-electron chi connectivity index (χ3n) is 5.30. The standard InChI is InChI=1S/C20H44O2Si/c1-14(2)13-21-23(18(9)10,19(11)12)22-20(15(3)4,16(5)6)17(7)8/h14-19H,13H2,1-12H3. The average Bonchev–Trinajstić information content (AvgIpc) is 2.36. The molecule has 0 unspecified atom stereocenters. The van der Waals surface area contributed by atoms with E-state index in [9.17, 15) is 0 Å². The molecule has 0 amide bonds. The van der Waals surface area contributed by atoms with Crippen molar-refractivity contribution in [2.24, 2.45) is 23.7 Å². The molecule has 0 spiro atoms. The summed E-state index contributed by atoms with van der Waals surface area (Å²) in [5, 5.41) is 0. The van der Waals surface area contributed by atoms with E-state index in [4.69, 9.17) is 8.85 Å². The molecule has 0 rings (SSSR count). The summed E-state index contributed by atoms with van der Waals surface area (Å²) in [5.41, 5.74) is 0.756.